The lowest BCUT2D eigenvalue weighted by atomic mass is 10.0. The number of carbonyl (C=O) groups excluding carboxylic acids is 2. The monoisotopic (exact) mass is 371 g/mol. The van der Waals surface area contributed by atoms with Crippen molar-refractivity contribution < 1.29 is 24.9 Å². The van der Waals surface area contributed by atoms with Crippen molar-refractivity contribution in [1.82, 2.24) is 5.32 Å². The van der Waals surface area contributed by atoms with Crippen LogP contribution in [0.5, 0.6) is 5.75 Å². The van der Waals surface area contributed by atoms with Gasteiger partial charge in [-0.2, -0.15) is 0 Å². The molecule has 2 rings (SSSR count). The number of rotatable bonds is 7. The Morgan fingerprint density at radius 3 is 2.48 bits per heavy atom. The highest BCUT2D eigenvalue weighted by atomic mass is 16.3. The van der Waals surface area contributed by atoms with Crippen LogP contribution in [0.15, 0.2) is 59.4 Å². The summed E-state index contributed by atoms with van der Waals surface area (Å²) in [6.45, 7) is 3.81. The van der Waals surface area contributed by atoms with Crippen LogP contribution < -0.4 is 5.32 Å². The van der Waals surface area contributed by atoms with Crippen molar-refractivity contribution in [2.24, 2.45) is 5.92 Å². The van der Waals surface area contributed by atoms with Crippen molar-refractivity contribution >= 4 is 11.7 Å². The van der Waals surface area contributed by atoms with Crippen LogP contribution in [0.2, 0.25) is 0 Å². The summed E-state index contributed by atoms with van der Waals surface area (Å²) in [7, 11) is 0. The van der Waals surface area contributed by atoms with Crippen molar-refractivity contribution in [1.29, 1.82) is 0 Å². The minimum atomic E-state index is -0.747. The first-order chi connectivity index (χ1) is 12.8. The van der Waals surface area contributed by atoms with Crippen molar-refractivity contribution in [3.63, 3.8) is 0 Å². The standard InChI is InChI=1S/C21H25NO5/c1-3-14(12-23)10-13(2)4-9-18(25)19-20(26)17(22-21(19)27)11-15-5-7-16(24)8-6-15/h4-10,14,17,23-25H,3,11-12H2,1-2H3,(H,22,27)/b9-4+,13-10+,19-18+/t14-,17+/m1/s1. The highest BCUT2D eigenvalue weighted by molar-refractivity contribution is 6.27. The number of ketones is 1. The average molecular weight is 371 g/mol. The molecular weight excluding hydrogens is 346 g/mol. The van der Waals surface area contributed by atoms with Crippen molar-refractivity contribution in [2.75, 3.05) is 6.61 Å². The Balaban J connectivity index is 2.14. The maximum Gasteiger partial charge on any atom is 0.259 e. The number of phenols is 1. The number of benzene rings is 1. The van der Waals surface area contributed by atoms with Gasteiger partial charge in [0.1, 0.15) is 17.1 Å². The van der Waals surface area contributed by atoms with Crippen LogP contribution in [0.25, 0.3) is 0 Å². The molecule has 1 aromatic rings. The second-order valence-corrected chi connectivity index (χ2v) is 6.62. The van der Waals surface area contributed by atoms with E-state index < -0.39 is 17.7 Å². The van der Waals surface area contributed by atoms with E-state index >= 15 is 0 Å². The number of Topliss-reactive ketones (excluding diaryl/α,β-unsaturated/α-hetero) is 1. The fraction of sp³-hybridized carbons (Fsp3) is 0.333. The zero-order valence-electron chi connectivity index (χ0n) is 15.5. The first-order valence-electron chi connectivity index (χ1n) is 8.89. The number of hydrogen-bond donors (Lipinski definition) is 4. The smallest absolute Gasteiger partial charge is 0.259 e. The summed E-state index contributed by atoms with van der Waals surface area (Å²) in [6, 6.07) is 5.63. The molecule has 0 spiro atoms. The van der Waals surface area contributed by atoms with Gasteiger partial charge < -0.3 is 20.6 Å². The van der Waals surface area contributed by atoms with Crippen LogP contribution in [0.3, 0.4) is 0 Å². The molecule has 0 radical (unpaired) electrons. The van der Waals surface area contributed by atoms with Gasteiger partial charge in [-0.05, 0) is 37.1 Å². The Morgan fingerprint density at radius 1 is 1.22 bits per heavy atom. The maximum absolute atomic E-state index is 12.5. The van der Waals surface area contributed by atoms with Crippen LogP contribution in [-0.4, -0.2) is 39.7 Å². The Kier molecular flexibility index (Phi) is 6.96. The molecule has 6 nitrogen and oxygen atoms in total. The number of aliphatic hydroxyl groups is 2. The Morgan fingerprint density at radius 2 is 1.89 bits per heavy atom. The molecule has 4 N–H and O–H groups in total. The number of aliphatic hydroxyl groups excluding tert-OH is 2. The van der Waals surface area contributed by atoms with Gasteiger partial charge in [0.2, 0.25) is 0 Å². The molecule has 1 aromatic carbocycles. The molecular formula is C21H25NO5. The maximum atomic E-state index is 12.5. The quantitative estimate of drug-likeness (QED) is 0.255. The van der Waals surface area contributed by atoms with Gasteiger partial charge in [-0.1, -0.05) is 36.8 Å². The minimum Gasteiger partial charge on any atom is -0.508 e. The third-order valence-electron chi connectivity index (χ3n) is 4.49. The van der Waals surface area contributed by atoms with E-state index in [0.717, 1.165) is 17.6 Å². The molecule has 2 atom stereocenters. The number of carbonyl (C=O) groups is 2. The van der Waals surface area contributed by atoms with Crippen molar-refractivity contribution in [3.8, 4) is 5.75 Å². The summed E-state index contributed by atoms with van der Waals surface area (Å²) >= 11 is 0. The van der Waals surface area contributed by atoms with Gasteiger partial charge >= 0.3 is 0 Å². The molecule has 0 aliphatic carbocycles. The van der Waals surface area contributed by atoms with E-state index in [2.05, 4.69) is 5.32 Å². The molecule has 1 saturated heterocycles. The molecule has 1 aliphatic heterocycles. The second kappa shape index (κ2) is 9.19. The lowest BCUT2D eigenvalue weighted by molar-refractivity contribution is -0.117. The molecule has 6 heteroatoms. The van der Waals surface area contributed by atoms with E-state index in [1.54, 1.807) is 18.2 Å². The number of allylic oxidation sites excluding steroid dienone is 3. The topological polar surface area (TPSA) is 107 Å². The predicted molar refractivity (Wildman–Crippen MR) is 102 cm³/mol. The summed E-state index contributed by atoms with van der Waals surface area (Å²) in [5, 5.41) is 31.3. The van der Waals surface area contributed by atoms with Gasteiger partial charge in [0.15, 0.2) is 5.78 Å². The third-order valence-corrected chi connectivity index (χ3v) is 4.49. The highest BCUT2D eigenvalue weighted by Crippen LogP contribution is 2.20. The molecule has 1 aliphatic rings. The van der Waals surface area contributed by atoms with Crippen LogP contribution in [-0.2, 0) is 16.0 Å². The number of amides is 1. The SMILES string of the molecule is CC[C@H](/C=C(C)/C=C/C(O)=C1\C(=O)N[C@@H](Cc2ccc(O)cc2)C1=O)CO. The van der Waals surface area contributed by atoms with Gasteiger partial charge in [-0.25, -0.2) is 0 Å². The molecule has 144 valence electrons. The van der Waals surface area contributed by atoms with Gasteiger partial charge in [0.05, 0.1) is 6.04 Å². The molecule has 0 bridgehead atoms. The van der Waals surface area contributed by atoms with Crippen LogP contribution in [0.1, 0.15) is 25.8 Å². The summed E-state index contributed by atoms with van der Waals surface area (Å²) in [4.78, 5) is 24.6. The Labute approximate surface area is 158 Å². The van der Waals surface area contributed by atoms with Gasteiger partial charge in [-0.3, -0.25) is 9.59 Å². The number of phenolic OH excluding ortho intramolecular Hbond substituents is 1. The summed E-state index contributed by atoms with van der Waals surface area (Å²) in [5.74, 6) is -1.29. The van der Waals surface area contributed by atoms with Crippen LogP contribution in [0, 0.1) is 5.92 Å². The largest absolute Gasteiger partial charge is 0.508 e. The lowest BCUT2D eigenvalue weighted by Gasteiger charge is -2.08. The summed E-state index contributed by atoms with van der Waals surface area (Å²) in [5.41, 5.74) is 1.35. The molecule has 1 fully saturated rings. The predicted octanol–water partition coefficient (Wildman–Crippen LogP) is 2.34. The van der Waals surface area contributed by atoms with E-state index in [9.17, 15) is 24.9 Å². The lowest BCUT2D eigenvalue weighted by Crippen LogP contribution is -2.31. The van der Waals surface area contributed by atoms with Crippen LogP contribution in [0.4, 0.5) is 0 Å². The molecule has 1 heterocycles. The fourth-order valence-corrected chi connectivity index (χ4v) is 2.86. The van der Waals surface area contributed by atoms with E-state index in [1.165, 1.54) is 18.2 Å². The Hall–Kier alpha value is -2.86. The van der Waals surface area contributed by atoms with E-state index in [4.69, 9.17) is 0 Å². The molecule has 0 aromatic heterocycles. The zero-order valence-corrected chi connectivity index (χ0v) is 15.5. The first kappa shape index (κ1) is 20.5. The number of aromatic hydroxyl groups is 1. The van der Waals surface area contributed by atoms with Gasteiger partial charge in [0, 0.05) is 18.9 Å². The van der Waals surface area contributed by atoms with Gasteiger partial charge in [-0.15, -0.1) is 0 Å². The third kappa shape index (κ3) is 5.31. The summed E-state index contributed by atoms with van der Waals surface area (Å²) < 4.78 is 0. The Bertz CT molecular complexity index is 785. The first-order valence-corrected chi connectivity index (χ1v) is 8.89. The highest BCUT2D eigenvalue weighted by Gasteiger charge is 2.37. The normalized spacial score (nSPS) is 20.9. The van der Waals surface area contributed by atoms with Crippen molar-refractivity contribution in [3.05, 3.63) is 65.0 Å². The van der Waals surface area contributed by atoms with Crippen molar-refractivity contribution in [2.45, 2.75) is 32.7 Å². The second-order valence-electron chi connectivity index (χ2n) is 6.62. The fourth-order valence-electron chi connectivity index (χ4n) is 2.86. The van der Waals surface area contributed by atoms with E-state index in [1.807, 2.05) is 19.9 Å². The van der Waals surface area contributed by atoms with Crippen LogP contribution >= 0.6 is 0 Å². The molecule has 1 amide bonds. The summed E-state index contributed by atoms with van der Waals surface area (Å²) in [6.07, 6.45) is 5.87. The molecule has 0 saturated carbocycles. The zero-order chi connectivity index (χ0) is 20.0. The minimum absolute atomic E-state index is 0.0237. The molecule has 27 heavy (non-hydrogen) atoms. The van der Waals surface area contributed by atoms with E-state index in [-0.39, 0.29) is 36.0 Å². The number of hydrogen-bond acceptors (Lipinski definition) is 5. The number of nitrogens with one attached hydrogen (secondary N) is 1. The van der Waals surface area contributed by atoms with E-state index in [0.29, 0.717) is 0 Å². The average Bonchev–Trinajstić information content (AvgIpc) is 2.93. The molecule has 0 unspecified atom stereocenters. The van der Waals surface area contributed by atoms with Gasteiger partial charge in [0.25, 0.3) is 5.91 Å².